The van der Waals surface area contributed by atoms with E-state index in [1.165, 1.54) is 18.2 Å². The van der Waals surface area contributed by atoms with E-state index in [9.17, 15) is 9.59 Å². The summed E-state index contributed by atoms with van der Waals surface area (Å²) in [6, 6.07) is 15.6. The Morgan fingerprint density at radius 1 is 0.971 bits per heavy atom. The van der Waals surface area contributed by atoms with E-state index < -0.39 is 5.97 Å². The molecule has 2 heterocycles. The van der Waals surface area contributed by atoms with Gasteiger partial charge in [0, 0.05) is 33.5 Å². The Hall–Kier alpha value is -3.57. The van der Waals surface area contributed by atoms with Crippen molar-refractivity contribution in [2.75, 3.05) is 12.0 Å². The molecule has 0 fully saturated rings. The predicted octanol–water partition coefficient (Wildman–Crippen LogP) is 6.24. The maximum Gasteiger partial charge on any atom is 0.343 e. The van der Waals surface area contributed by atoms with Gasteiger partial charge in [-0.3, -0.25) is 4.79 Å². The van der Waals surface area contributed by atoms with Crippen molar-refractivity contribution in [2.24, 2.45) is 0 Å². The van der Waals surface area contributed by atoms with Crippen molar-refractivity contribution >= 4 is 35.1 Å². The predicted molar refractivity (Wildman–Crippen MR) is 136 cm³/mol. The molecule has 0 saturated heterocycles. The second-order valence-corrected chi connectivity index (χ2v) is 9.01. The van der Waals surface area contributed by atoms with Crippen molar-refractivity contribution in [2.45, 2.75) is 34.6 Å². The summed E-state index contributed by atoms with van der Waals surface area (Å²) in [7, 11) is 1.28. The molecule has 3 aromatic rings. The Kier molecular flexibility index (Phi) is 6.24. The van der Waals surface area contributed by atoms with Gasteiger partial charge >= 0.3 is 5.97 Å². The molecule has 1 aromatic heterocycles. The smallest absolute Gasteiger partial charge is 0.343 e. The van der Waals surface area contributed by atoms with E-state index in [0.29, 0.717) is 16.4 Å². The van der Waals surface area contributed by atoms with Crippen LogP contribution in [0.25, 0.3) is 11.8 Å². The van der Waals surface area contributed by atoms with Gasteiger partial charge in [-0.05, 0) is 88.2 Å². The maximum atomic E-state index is 13.4. The van der Waals surface area contributed by atoms with Gasteiger partial charge in [0.05, 0.1) is 12.8 Å². The van der Waals surface area contributed by atoms with E-state index >= 15 is 0 Å². The number of esters is 1. The van der Waals surface area contributed by atoms with Crippen LogP contribution in [0.3, 0.4) is 0 Å². The molecule has 1 aliphatic heterocycles. The fraction of sp³-hybridized carbons (Fsp3) is 0.214. The number of benzene rings is 2. The molecule has 0 saturated carbocycles. The molecule has 0 bridgehead atoms. The first-order valence-corrected chi connectivity index (χ1v) is 11.4. The Morgan fingerprint density at radius 3 is 2.26 bits per heavy atom. The average molecular weight is 475 g/mol. The summed E-state index contributed by atoms with van der Waals surface area (Å²) in [5, 5.41) is 0.589. The lowest BCUT2D eigenvalue weighted by atomic mass is 10.1. The number of ether oxygens (including phenoxy) is 1. The molecule has 0 aliphatic carbocycles. The number of methoxy groups -OCH3 is 1. The zero-order valence-electron chi connectivity index (χ0n) is 20.2. The number of hydrogen-bond acceptors (Lipinski definition) is 4. The molecular formula is C28H27ClN2O3. The number of carbonyl (C=O) groups excluding carboxylic acids is 2. The zero-order chi connectivity index (χ0) is 24.7. The molecule has 34 heavy (non-hydrogen) atoms. The number of Topliss-reactive ketones (excluding diaryl/α,β-unsaturated/α-hetero) is 1. The number of rotatable bonds is 4. The van der Waals surface area contributed by atoms with Gasteiger partial charge in [-0.1, -0.05) is 29.3 Å². The Bertz CT molecular complexity index is 1380. The van der Waals surface area contributed by atoms with Gasteiger partial charge in [-0.2, -0.15) is 0 Å². The monoisotopic (exact) mass is 474 g/mol. The van der Waals surface area contributed by atoms with Crippen LogP contribution in [0.4, 0.5) is 5.69 Å². The van der Waals surface area contributed by atoms with E-state index in [1.807, 2.05) is 32.1 Å². The molecule has 2 aromatic carbocycles. The number of nitrogens with zero attached hydrogens (tertiary/aromatic N) is 2. The van der Waals surface area contributed by atoms with Crippen LogP contribution >= 0.6 is 11.6 Å². The van der Waals surface area contributed by atoms with Crippen molar-refractivity contribution in [3.63, 3.8) is 0 Å². The standard InChI is InChI=1S/C28H27ClN2O3/c1-16-7-12-24(17(2)13-16)30-18(3)14-21(19(30)4)15-25-27(32)26(28(33)34-6)20(5)31(25)23-10-8-22(29)9-11-23/h7-15H,1-6H3. The Morgan fingerprint density at radius 2 is 1.65 bits per heavy atom. The molecule has 5 nitrogen and oxygen atoms in total. The molecular weight excluding hydrogens is 448 g/mol. The fourth-order valence-corrected chi connectivity index (χ4v) is 4.72. The van der Waals surface area contributed by atoms with Gasteiger partial charge in [0.25, 0.3) is 0 Å². The van der Waals surface area contributed by atoms with Crippen LogP contribution in [0.15, 0.2) is 65.5 Å². The first-order chi connectivity index (χ1) is 16.1. The van der Waals surface area contributed by atoms with Gasteiger partial charge < -0.3 is 14.2 Å². The van der Waals surface area contributed by atoms with E-state index in [0.717, 1.165) is 28.3 Å². The number of hydrogen-bond donors (Lipinski definition) is 0. The van der Waals surface area contributed by atoms with Crippen LogP contribution < -0.4 is 4.90 Å². The fourth-order valence-electron chi connectivity index (χ4n) is 4.59. The van der Waals surface area contributed by atoms with Gasteiger partial charge in [0.2, 0.25) is 5.78 Å². The lowest BCUT2D eigenvalue weighted by Crippen LogP contribution is -2.18. The maximum absolute atomic E-state index is 13.4. The summed E-state index contributed by atoms with van der Waals surface area (Å²) >= 11 is 6.08. The highest BCUT2D eigenvalue weighted by atomic mass is 35.5. The third-order valence-corrected chi connectivity index (χ3v) is 6.48. The van der Waals surface area contributed by atoms with Crippen LogP contribution in [0, 0.1) is 27.7 Å². The van der Waals surface area contributed by atoms with Crippen molar-refractivity contribution < 1.29 is 14.3 Å². The average Bonchev–Trinajstić information content (AvgIpc) is 3.20. The van der Waals surface area contributed by atoms with E-state index in [4.69, 9.17) is 16.3 Å². The first-order valence-electron chi connectivity index (χ1n) is 11.0. The van der Waals surface area contributed by atoms with Gasteiger partial charge in [-0.15, -0.1) is 0 Å². The molecule has 6 heteroatoms. The highest BCUT2D eigenvalue weighted by molar-refractivity contribution is 6.31. The summed E-state index contributed by atoms with van der Waals surface area (Å²) in [4.78, 5) is 27.7. The number of ketones is 1. The number of aryl methyl sites for hydroxylation is 3. The third kappa shape index (κ3) is 3.97. The number of carbonyl (C=O) groups is 2. The van der Waals surface area contributed by atoms with Crippen LogP contribution in [0.5, 0.6) is 0 Å². The second kappa shape index (κ2) is 8.99. The van der Waals surface area contributed by atoms with Crippen LogP contribution in [-0.2, 0) is 14.3 Å². The summed E-state index contributed by atoms with van der Waals surface area (Å²) < 4.78 is 7.10. The van der Waals surface area contributed by atoms with Gasteiger partial charge in [-0.25, -0.2) is 4.79 Å². The highest BCUT2D eigenvalue weighted by Gasteiger charge is 2.38. The van der Waals surface area contributed by atoms with Crippen molar-refractivity contribution in [3.05, 3.63) is 98.6 Å². The molecule has 0 radical (unpaired) electrons. The van der Waals surface area contributed by atoms with Crippen LogP contribution in [0.2, 0.25) is 5.02 Å². The summed E-state index contributed by atoms with van der Waals surface area (Å²) in [6.07, 6.45) is 1.85. The topological polar surface area (TPSA) is 51.5 Å². The molecule has 0 amide bonds. The molecule has 0 spiro atoms. The summed E-state index contributed by atoms with van der Waals surface area (Å²) in [6.45, 7) is 10.0. The molecule has 4 rings (SSSR count). The lowest BCUT2D eigenvalue weighted by Gasteiger charge is -2.21. The lowest BCUT2D eigenvalue weighted by molar-refractivity contribution is -0.137. The number of allylic oxidation sites excluding steroid dienone is 2. The number of halogens is 1. The zero-order valence-corrected chi connectivity index (χ0v) is 20.9. The second-order valence-electron chi connectivity index (χ2n) is 8.57. The van der Waals surface area contributed by atoms with Gasteiger partial charge in [0.1, 0.15) is 5.57 Å². The third-order valence-electron chi connectivity index (χ3n) is 6.23. The Balaban J connectivity index is 1.88. The van der Waals surface area contributed by atoms with Crippen molar-refractivity contribution in [1.29, 1.82) is 0 Å². The SMILES string of the molecule is COC(=O)C1=C(C)N(c2ccc(Cl)cc2)C(=Cc2cc(C)n(-c3ccc(C)cc3C)c2C)C1=O. The van der Waals surface area contributed by atoms with E-state index in [-0.39, 0.29) is 11.4 Å². The number of anilines is 1. The van der Waals surface area contributed by atoms with Crippen LogP contribution in [0.1, 0.15) is 35.0 Å². The van der Waals surface area contributed by atoms with E-state index in [2.05, 4.69) is 42.7 Å². The Labute approximate surface area is 204 Å². The molecule has 0 N–H and O–H groups in total. The molecule has 0 unspecified atom stereocenters. The summed E-state index contributed by atoms with van der Waals surface area (Å²) in [5.74, 6) is -1.01. The largest absolute Gasteiger partial charge is 0.465 e. The molecule has 0 atom stereocenters. The summed E-state index contributed by atoms with van der Waals surface area (Å²) in [5.41, 5.74) is 8.12. The highest BCUT2D eigenvalue weighted by Crippen LogP contribution is 2.37. The molecule has 1 aliphatic rings. The molecule has 174 valence electrons. The van der Waals surface area contributed by atoms with E-state index in [1.54, 1.807) is 24.0 Å². The van der Waals surface area contributed by atoms with Crippen LogP contribution in [-0.4, -0.2) is 23.4 Å². The van der Waals surface area contributed by atoms with Gasteiger partial charge in [0.15, 0.2) is 0 Å². The normalized spacial score (nSPS) is 15.0. The van der Waals surface area contributed by atoms with Crippen molar-refractivity contribution in [3.8, 4) is 5.69 Å². The van der Waals surface area contributed by atoms with Crippen molar-refractivity contribution in [1.82, 2.24) is 4.57 Å². The number of aromatic nitrogens is 1. The first kappa shape index (κ1) is 23.6. The minimum atomic E-state index is -0.648. The minimum Gasteiger partial charge on any atom is -0.465 e. The quantitative estimate of drug-likeness (QED) is 0.255. The minimum absolute atomic E-state index is 0.0342.